The molecule has 0 atom stereocenters. The van der Waals surface area contributed by atoms with Gasteiger partial charge in [-0.3, -0.25) is 4.79 Å². The predicted octanol–water partition coefficient (Wildman–Crippen LogP) is 4.29. The number of amides is 1. The molecule has 0 saturated carbocycles. The number of aryl methyl sites for hydroxylation is 1. The van der Waals surface area contributed by atoms with E-state index in [2.05, 4.69) is 26.8 Å². The van der Waals surface area contributed by atoms with E-state index in [-0.39, 0.29) is 17.6 Å². The van der Waals surface area contributed by atoms with E-state index in [0.717, 1.165) is 53.9 Å². The molecule has 1 fully saturated rings. The van der Waals surface area contributed by atoms with Gasteiger partial charge in [-0.1, -0.05) is 24.3 Å². The summed E-state index contributed by atoms with van der Waals surface area (Å²) in [6, 6.07) is 8.36. The second kappa shape index (κ2) is 10.5. The third kappa shape index (κ3) is 5.93. The summed E-state index contributed by atoms with van der Waals surface area (Å²) >= 11 is 0. The standard InChI is InChI=1S/C26H35N5O3/c1-5-31-24-21(16-29-31)23(30-20-9-11-33-12-10-20)22(15-27-24)25(32)28-14-18-7-6-8-19(13-18)17-34-26(2,3)4/h6-8,13,15-16,20H,5,9-12,14,17H2,1-4H3,(H,27,30)(H,28,32). The molecule has 2 aromatic heterocycles. The second-order valence-electron chi connectivity index (χ2n) is 9.68. The van der Waals surface area contributed by atoms with Crippen LogP contribution in [-0.4, -0.2) is 45.5 Å². The molecule has 1 amide bonds. The molecular formula is C26H35N5O3. The van der Waals surface area contributed by atoms with E-state index in [1.165, 1.54) is 0 Å². The number of benzene rings is 1. The van der Waals surface area contributed by atoms with E-state index in [4.69, 9.17) is 9.47 Å². The number of anilines is 1. The van der Waals surface area contributed by atoms with E-state index in [0.29, 0.717) is 25.3 Å². The molecule has 3 heterocycles. The number of hydrogen-bond donors (Lipinski definition) is 2. The lowest BCUT2D eigenvalue weighted by Gasteiger charge is -2.25. The number of pyridine rings is 1. The third-order valence-corrected chi connectivity index (χ3v) is 5.90. The summed E-state index contributed by atoms with van der Waals surface area (Å²) in [5.41, 5.74) is 4.01. The Morgan fingerprint density at radius 2 is 1.97 bits per heavy atom. The summed E-state index contributed by atoms with van der Waals surface area (Å²) in [4.78, 5) is 17.8. The predicted molar refractivity (Wildman–Crippen MR) is 133 cm³/mol. The normalized spacial score (nSPS) is 14.9. The highest BCUT2D eigenvalue weighted by Crippen LogP contribution is 2.28. The van der Waals surface area contributed by atoms with Crippen LogP contribution in [0.3, 0.4) is 0 Å². The first-order chi connectivity index (χ1) is 16.3. The molecule has 0 spiro atoms. The third-order valence-electron chi connectivity index (χ3n) is 5.90. The number of carbonyl (C=O) groups is 1. The zero-order chi connectivity index (χ0) is 24.1. The second-order valence-corrected chi connectivity index (χ2v) is 9.68. The Morgan fingerprint density at radius 3 is 2.71 bits per heavy atom. The Bertz CT molecular complexity index is 1130. The number of rotatable bonds is 8. The molecule has 1 aliphatic heterocycles. The van der Waals surface area contributed by atoms with Crippen LogP contribution in [0.5, 0.6) is 0 Å². The fraction of sp³-hybridized carbons (Fsp3) is 0.500. The number of aromatic nitrogens is 3. The first kappa shape index (κ1) is 24.2. The molecule has 182 valence electrons. The Labute approximate surface area is 201 Å². The van der Waals surface area contributed by atoms with Crippen LogP contribution in [0.15, 0.2) is 36.7 Å². The van der Waals surface area contributed by atoms with Crippen LogP contribution in [0, 0.1) is 0 Å². The van der Waals surface area contributed by atoms with E-state index in [9.17, 15) is 4.79 Å². The van der Waals surface area contributed by atoms with Crippen molar-refractivity contribution < 1.29 is 14.3 Å². The molecule has 1 aromatic carbocycles. The quantitative estimate of drug-likeness (QED) is 0.516. The fourth-order valence-corrected chi connectivity index (χ4v) is 4.04. The minimum atomic E-state index is -0.199. The van der Waals surface area contributed by atoms with Crippen LogP contribution in [0.2, 0.25) is 0 Å². The molecule has 0 bridgehead atoms. The first-order valence-electron chi connectivity index (χ1n) is 12.0. The SMILES string of the molecule is CCn1ncc2c(NC3CCOCC3)c(C(=O)NCc3cccc(COC(C)(C)C)c3)cnc21. The summed E-state index contributed by atoms with van der Waals surface area (Å²) in [6.07, 6.45) is 5.25. The highest BCUT2D eigenvalue weighted by molar-refractivity contribution is 6.06. The van der Waals surface area contributed by atoms with Crippen molar-refractivity contribution >= 4 is 22.6 Å². The zero-order valence-corrected chi connectivity index (χ0v) is 20.6. The Balaban J connectivity index is 1.52. The number of ether oxygens (including phenoxy) is 2. The van der Waals surface area contributed by atoms with Crippen LogP contribution >= 0.6 is 0 Å². The molecule has 1 saturated heterocycles. The van der Waals surface area contributed by atoms with Crippen LogP contribution in [0.25, 0.3) is 11.0 Å². The summed E-state index contributed by atoms with van der Waals surface area (Å²) in [6.45, 7) is 11.3. The minimum absolute atomic E-state index is 0.162. The topological polar surface area (TPSA) is 90.3 Å². The average Bonchev–Trinajstić information content (AvgIpc) is 3.26. The van der Waals surface area contributed by atoms with Crippen molar-refractivity contribution in [1.29, 1.82) is 0 Å². The molecule has 0 radical (unpaired) electrons. The molecule has 2 N–H and O–H groups in total. The van der Waals surface area contributed by atoms with Crippen LogP contribution < -0.4 is 10.6 Å². The van der Waals surface area contributed by atoms with Gasteiger partial charge in [0.25, 0.3) is 5.91 Å². The maximum atomic E-state index is 13.3. The van der Waals surface area contributed by atoms with E-state index in [1.807, 2.05) is 50.6 Å². The van der Waals surface area contributed by atoms with Crippen molar-refractivity contribution in [3.63, 3.8) is 0 Å². The van der Waals surface area contributed by atoms with Crippen molar-refractivity contribution in [2.45, 2.75) is 71.9 Å². The number of hydrogen-bond acceptors (Lipinski definition) is 6. The summed E-state index contributed by atoms with van der Waals surface area (Å²) in [5.74, 6) is -0.162. The molecule has 0 aliphatic carbocycles. The van der Waals surface area contributed by atoms with Crippen molar-refractivity contribution in [3.05, 3.63) is 53.3 Å². The van der Waals surface area contributed by atoms with E-state index in [1.54, 1.807) is 12.4 Å². The van der Waals surface area contributed by atoms with Gasteiger partial charge in [-0.05, 0) is 51.7 Å². The van der Waals surface area contributed by atoms with Crippen LogP contribution in [0.1, 0.15) is 62.0 Å². The van der Waals surface area contributed by atoms with Gasteiger partial charge < -0.3 is 20.1 Å². The fourth-order valence-electron chi connectivity index (χ4n) is 4.04. The maximum absolute atomic E-state index is 13.3. The number of fused-ring (bicyclic) bond motifs is 1. The average molecular weight is 466 g/mol. The van der Waals surface area contributed by atoms with Crippen molar-refractivity contribution in [1.82, 2.24) is 20.1 Å². The van der Waals surface area contributed by atoms with Gasteiger partial charge in [-0.2, -0.15) is 5.10 Å². The molecular weight excluding hydrogens is 430 g/mol. The van der Waals surface area contributed by atoms with E-state index < -0.39 is 0 Å². The van der Waals surface area contributed by atoms with Gasteiger partial charge in [0, 0.05) is 38.5 Å². The van der Waals surface area contributed by atoms with Crippen molar-refractivity contribution in [2.75, 3.05) is 18.5 Å². The molecule has 8 nitrogen and oxygen atoms in total. The van der Waals surface area contributed by atoms with Gasteiger partial charge in [0.15, 0.2) is 5.65 Å². The molecule has 8 heteroatoms. The molecule has 0 unspecified atom stereocenters. The van der Waals surface area contributed by atoms with Gasteiger partial charge in [0.05, 0.1) is 35.0 Å². The molecule has 1 aliphatic rings. The monoisotopic (exact) mass is 465 g/mol. The molecule has 3 aromatic rings. The number of carbonyl (C=O) groups excluding carboxylic acids is 1. The highest BCUT2D eigenvalue weighted by atomic mass is 16.5. The lowest BCUT2D eigenvalue weighted by molar-refractivity contribution is -0.0149. The van der Waals surface area contributed by atoms with Gasteiger partial charge in [0.1, 0.15) is 0 Å². The highest BCUT2D eigenvalue weighted by Gasteiger charge is 2.22. The maximum Gasteiger partial charge on any atom is 0.255 e. The van der Waals surface area contributed by atoms with Gasteiger partial charge in [-0.25, -0.2) is 9.67 Å². The lowest BCUT2D eigenvalue weighted by atomic mass is 10.1. The Hall–Kier alpha value is -2.97. The smallest absolute Gasteiger partial charge is 0.255 e. The summed E-state index contributed by atoms with van der Waals surface area (Å²) in [7, 11) is 0. The minimum Gasteiger partial charge on any atom is -0.381 e. The largest absolute Gasteiger partial charge is 0.381 e. The van der Waals surface area contributed by atoms with Crippen molar-refractivity contribution in [2.24, 2.45) is 0 Å². The first-order valence-corrected chi connectivity index (χ1v) is 12.0. The zero-order valence-electron chi connectivity index (χ0n) is 20.6. The summed E-state index contributed by atoms with van der Waals surface area (Å²) < 4.78 is 13.2. The van der Waals surface area contributed by atoms with Crippen molar-refractivity contribution in [3.8, 4) is 0 Å². The Morgan fingerprint density at radius 1 is 1.21 bits per heavy atom. The van der Waals surface area contributed by atoms with E-state index >= 15 is 0 Å². The van der Waals surface area contributed by atoms with Crippen LogP contribution in [0.4, 0.5) is 5.69 Å². The Kier molecular flexibility index (Phi) is 7.48. The van der Waals surface area contributed by atoms with Gasteiger partial charge in [-0.15, -0.1) is 0 Å². The van der Waals surface area contributed by atoms with Gasteiger partial charge >= 0.3 is 0 Å². The van der Waals surface area contributed by atoms with Crippen LogP contribution in [-0.2, 0) is 29.2 Å². The lowest BCUT2D eigenvalue weighted by Crippen LogP contribution is -2.30. The summed E-state index contributed by atoms with van der Waals surface area (Å²) in [5, 5.41) is 12.0. The number of nitrogens with one attached hydrogen (secondary N) is 2. The number of nitrogens with zero attached hydrogens (tertiary/aromatic N) is 3. The molecule has 4 rings (SSSR count). The molecule has 34 heavy (non-hydrogen) atoms. The van der Waals surface area contributed by atoms with Gasteiger partial charge in [0.2, 0.25) is 0 Å².